The Labute approximate surface area is 217 Å². The number of hydrogen-bond acceptors (Lipinski definition) is 7. The number of sulfonamides is 1. The number of nitrogens with one attached hydrogen (secondary N) is 4. The van der Waals surface area contributed by atoms with Crippen molar-refractivity contribution in [1.29, 1.82) is 0 Å². The minimum absolute atomic E-state index is 0.106. The van der Waals surface area contributed by atoms with Crippen molar-refractivity contribution >= 4 is 33.5 Å². The van der Waals surface area contributed by atoms with Crippen LogP contribution in [0, 0.1) is 5.92 Å². The molecule has 1 aromatic heterocycles. The molecule has 2 aliphatic rings. The zero-order valence-corrected chi connectivity index (χ0v) is 21.9. The van der Waals surface area contributed by atoms with Crippen molar-refractivity contribution in [1.82, 2.24) is 19.6 Å². The highest BCUT2D eigenvalue weighted by Crippen LogP contribution is 2.31. The summed E-state index contributed by atoms with van der Waals surface area (Å²) in [6.45, 7) is 2.77. The summed E-state index contributed by atoms with van der Waals surface area (Å²) in [6, 6.07) is 3.86. The molecule has 2 aromatic rings. The van der Waals surface area contributed by atoms with Crippen LogP contribution < -0.4 is 15.4 Å². The molecule has 2 atom stereocenters. The van der Waals surface area contributed by atoms with E-state index in [1.807, 2.05) is 6.07 Å². The lowest BCUT2D eigenvalue weighted by Crippen LogP contribution is -2.53. The van der Waals surface area contributed by atoms with Crippen molar-refractivity contribution in [3.05, 3.63) is 36.2 Å². The van der Waals surface area contributed by atoms with E-state index >= 15 is 0 Å². The monoisotopic (exact) mass is 532 g/mol. The van der Waals surface area contributed by atoms with Gasteiger partial charge in [0.2, 0.25) is 15.9 Å². The second-order valence-corrected chi connectivity index (χ2v) is 11.6. The first-order chi connectivity index (χ1) is 17.7. The molecule has 0 bridgehead atoms. The Kier molecular flexibility index (Phi) is 8.70. The van der Waals surface area contributed by atoms with Crippen LogP contribution in [0.5, 0.6) is 0 Å². The SMILES string of the molecule is CC1CNc2c(cccc2S(=O)(=O)N[C@@H](CCCNc2ncc[nH]2)C(=O)N(CC(=O)O)C2CCCC2)C1. The average Bonchev–Trinajstić information content (AvgIpc) is 3.58. The molecule has 1 amide bonds. The number of imidazole rings is 1. The van der Waals surface area contributed by atoms with E-state index in [4.69, 9.17) is 0 Å². The topological polar surface area (TPSA) is 157 Å². The maximum Gasteiger partial charge on any atom is 0.323 e. The number of carbonyl (C=O) groups is 2. The van der Waals surface area contributed by atoms with Gasteiger partial charge in [-0.25, -0.2) is 13.4 Å². The van der Waals surface area contributed by atoms with Gasteiger partial charge in [-0.05, 0) is 49.7 Å². The van der Waals surface area contributed by atoms with Crippen molar-refractivity contribution in [3.8, 4) is 0 Å². The summed E-state index contributed by atoms with van der Waals surface area (Å²) in [6.07, 6.45) is 7.99. The Morgan fingerprint density at radius 2 is 2.05 bits per heavy atom. The Morgan fingerprint density at radius 1 is 1.27 bits per heavy atom. The van der Waals surface area contributed by atoms with Crippen LogP contribution in [0.3, 0.4) is 0 Å². The number of nitrogens with zero attached hydrogens (tertiary/aromatic N) is 2. The molecule has 1 aliphatic heterocycles. The van der Waals surface area contributed by atoms with Crippen molar-refractivity contribution < 1.29 is 23.1 Å². The summed E-state index contributed by atoms with van der Waals surface area (Å²) in [5.41, 5.74) is 1.49. The summed E-state index contributed by atoms with van der Waals surface area (Å²) in [7, 11) is -4.08. The molecular formula is C25H36N6O5S. The van der Waals surface area contributed by atoms with Gasteiger partial charge in [0.05, 0.1) is 5.69 Å². The smallest absolute Gasteiger partial charge is 0.323 e. The quantitative estimate of drug-likeness (QED) is 0.261. The number of H-pyrrole nitrogens is 1. The molecule has 4 rings (SSSR count). The zero-order valence-electron chi connectivity index (χ0n) is 21.1. The number of aromatic nitrogens is 2. The summed E-state index contributed by atoms with van der Waals surface area (Å²) in [5, 5.41) is 15.8. The number of anilines is 2. The highest BCUT2D eigenvalue weighted by Gasteiger charge is 2.36. The lowest BCUT2D eigenvalue weighted by molar-refractivity contribution is -0.147. The van der Waals surface area contributed by atoms with E-state index in [0.29, 0.717) is 49.9 Å². The molecule has 5 N–H and O–H groups in total. The Hall–Kier alpha value is -3.12. The van der Waals surface area contributed by atoms with Crippen LogP contribution in [-0.2, 0) is 26.0 Å². The third-order valence-corrected chi connectivity index (χ3v) is 8.52. The highest BCUT2D eigenvalue weighted by molar-refractivity contribution is 7.89. The molecule has 11 nitrogen and oxygen atoms in total. The second-order valence-electron chi connectivity index (χ2n) is 9.96. The third-order valence-electron chi connectivity index (χ3n) is 7.01. The van der Waals surface area contributed by atoms with Crippen molar-refractivity contribution in [2.24, 2.45) is 5.92 Å². The van der Waals surface area contributed by atoms with E-state index in [-0.39, 0.29) is 17.4 Å². The van der Waals surface area contributed by atoms with Crippen LogP contribution >= 0.6 is 0 Å². The van der Waals surface area contributed by atoms with Crippen molar-refractivity contribution in [2.75, 3.05) is 30.3 Å². The Bertz CT molecular complexity index is 1180. The normalized spacial score (nSPS) is 18.6. The Balaban J connectivity index is 1.56. The second kappa shape index (κ2) is 12.0. The molecule has 2 heterocycles. The fourth-order valence-electron chi connectivity index (χ4n) is 5.20. The van der Waals surface area contributed by atoms with Crippen LogP contribution in [-0.4, -0.2) is 72.0 Å². The fraction of sp³-hybridized carbons (Fsp3) is 0.560. The maximum absolute atomic E-state index is 13.7. The van der Waals surface area contributed by atoms with Gasteiger partial charge in [0.25, 0.3) is 0 Å². The molecule has 1 fully saturated rings. The number of hydrogen-bond donors (Lipinski definition) is 5. The van der Waals surface area contributed by atoms with Gasteiger partial charge in [-0.15, -0.1) is 0 Å². The molecule has 37 heavy (non-hydrogen) atoms. The molecular weight excluding hydrogens is 496 g/mol. The number of carboxylic acid groups (broad SMARTS) is 1. The number of para-hydroxylation sites is 1. The molecule has 1 aliphatic carbocycles. The van der Waals surface area contributed by atoms with Gasteiger partial charge in [0.15, 0.2) is 5.95 Å². The van der Waals surface area contributed by atoms with Gasteiger partial charge in [0.1, 0.15) is 17.5 Å². The summed E-state index contributed by atoms with van der Waals surface area (Å²) in [4.78, 5) is 33.8. The predicted molar refractivity (Wildman–Crippen MR) is 140 cm³/mol. The molecule has 0 spiro atoms. The minimum atomic E-state index is -4.08. The number of aromatic amines is 1. The van der Waals surface area contributed by atoms with Crippen LogP contribution in [0.25, 0.3) is 0 Å². The number of carboxylic acids is 1. The summed E-state index contributed by atoms with van der Waals surface area (Å²) in [5.74, 6) is -0.650. The molecule has 1 aromatic carbocycles. The average molecular weight is 533 g/mol. The van der Waals surface area contributed by atoms with E-state index in [0.717, 1.165) is 24.8 Å². The largest absolute Gasteiger partial charge is 0.480 e. The van der Waals surface area contributed by atoms with Gasteiger partial charge >= 0.3 is 5.97 Å². The first-order valence-corrected chi connectivity index (χ1v) is 14.4. The number of amides is 1. The number of aliphatic carboxylic acids is 1. The molecule has 0 saturated heterocycles. The summed E-state index contributed by atoms with van der Waals surface area (Å²) >= 11 is 0. The van der Waals surface area contributed by atoms with Gasteiger partial charge in [-0.3, -0.25) is 9.59 Å². The van der Waals surface area contributed by atoms with E-state index in [9.17, 15) is 23.1 Å². The zero-order chi connectivity index (χ0) is 26.4. The molecule has 202 valence electrons. The number of benzene rings is 1. The van der Waals surface area contributed by atoms with Gasteiger partial charge in [0, 0.05) is 31.5 Å². The maximum atomic E-state index is 13.7. The number of carbonyl (C=O) groups excluding carboxylic acids is 1. The minimum Gasteiger partial charge on any atom is -0.480 e. The van der Waals surface area contributed by atoms with E-state index in [1.165, 1.54) is 11.0 Å². The van der Waals surface area contributed by atoms with E-state index < -0.39 is 34.5 Å². The standard InChI is InChI=1S/C25H36N6O5S/c1-17-14-18-6-4-10-21(23(18)29-15-17)37(35,36)30-20(9-5-11-26-25-27-12-13-28-25)24(34)31(16-22(32)33)19-7-2-3-8-19/h4,6,10,12-13,17,19-20,29-30H,2-3,5,7-9,11,14-16H2,1H3,(H,32,33)(H2,26,27,28)/t17?,20-/m0/s1. The van der Waals surface area contributed by atoms with Crippen LogP contribution in [0.1, 0.15) is 51.0 Å². The van der Waals surface area contributed by atoms with Gasteiger partial charge < -0.3 is 25.6 Å². The summed E-state index contributed by atoms with van der Waals surface area (Å²) < 4.78 is 29.9. The fourth-order valence-corrected chi connectivity index (χ4v) is 6.65. The Morgan fingerprint density at radius 3 is 2.76 bits per heavy atom. The number of fused-ring (bicyclic) bond motifs is 1. The highest BCUT2D eigenvalue weighted by atomic mass is 32.2. The van der Waals surface area contributed by atoms with E-state index in [2.05, 4.69) is 32.2 Å². The lowest BCUT2D eigenvalue weighted by atomic mass is 9.96. The lowest BCUT2D eigenvalue weighted by Gasteiger charge is -2.32. The molecule has 12 heteroatoms. The first-order valence-electron chi connectivity index (χ1n) is 12.9. The molecule has 1 unspecified atom stereocenters. The van der Waals surface area contributed by atoms with Crippen LogP contribution in [0.15, 0.2) is 35.5 Å². The van der Waals surface area contributed by atoms with Gasteiger partial charge in [-0.2, -0.15) is 4.72 Å². The van der Waals surface area contributed by atoms with Gasteiger partial charge in [-0.1, -0.05) is 31.9 Å². The van der Waals surface area contributed by atoms with Crippen molar-refractivity contribution in [2.45, 2.75) is 68.8 Å². The van der Waals surface area contributed by atoms with Crippen LogP contribution in [0.4, 0.5) is 11.6 Å². The predicted octanol–water partition coefficient (Wildman–Crippen LogP) is 2.41. The molecule has 0 radical (unpaired) electrons. The van der Waals surface area contributed by atoms with Crippen molar-refractivity contribution in [3.63, 3.8) is 0 Å². The number of rotatable bonds is 12. The molecule has 1 saturated carbocycles. The van der Waals surface area contributed by atoms with Crippen LogP contribution in [0.2, 0.25) is 0 Å². The first kappa shape index (κ1) is 26.9. The third kappa shape index (κ3) is 6.80. The van der Waals surface area contributed by atoms with E-state index in [1.54, 1.807) is 18.5 Å².